The van der Waals surface area contributed by atoms with Gasteiger partial charge in [0, 0.05) is 28.5 Å². The molecule has 0 bridgehead atoms. The van der Waals surface area contributed by atoms with Gasteiger partial charge in [-0.25, -0.2) is 0 Å². The van der Waals surface area contributed by atoms with Gasteiger partial charge in [-0.05, 0) is 56.4 Å². The van der Waals surface area contributed by atoms with Crippen LogP contribution in [-0.2, 0) is 11.2 Å². The number of alkyl halides is 1. The van der Waals surface area contributed by atoms with Gasteiger partial charge in [-0.2, -0.15) is 0 Å². The van der Waals surface area contributed by atoms with Crippen molar-refractivity contribution in [2.45, 2.75) is 40.5 Å². The third-order valence-electron chi connectivity index (χ3n) is 3.98. The molecule has 1 aliphatic rings. The van der Waals surface area contributed by atoms with Crippen LogP contribution in [0, 0.1) is 13.8 Å². The molecular formula is C16H21ClN2O. The molecule has 0 aliphatic carbocycles. The predicted molar refractivity (Wildman–Crippen MR) is 83.8 cm³/mol. The molecule has 0 atom stereocenters. The fraction of sp³-hybridized carbons (Fsp3) is 0.438. The van der Waals surface area contributed by atoms with Crippen molar-refractivity contribution < 1.29 is 4.79 Å². The van der Waals surface area contributed by atoms with Crippen molar-refractivity contribution >= 4 is 23.6 Å². The summed E-state index contributed by atoms with van der Waals surface area (Å²) in [6, 6.07) is 0. The zero-order valence-electron chi connectivity index (χ0n) is 12.5. The summed E-state index contributed by atoms with van der Waals surface area (Å²) in [5, 5.41) is 2.94. The maximum absolute atomic E-state index is 11.8. The minimum atomic E-state index is 0.00927. The topological polar surface area (TPSA) is 44.9 Å². The number of allylic oxidation sites excluding steroid dienone is 1. The van der Waals surface area contributed by atoms with Crippen LogP contribution in [0.2, 0.25) is 0 Å². The van der Waals surface area contributed by atoms with Crippen molar-refractivity contribution in [1.82, 2.24) is 10.3 Å². The van der Waals surface area contributed by atoms with Gasteiger partial charge < -0.3 is 10.3 Å². The molecule has 0 spiro atoms. The van der Waals surface area contributed by atoms with E-state index in [0.717, 1.165) is 41.1 Å². The molecule has 1 aromatic heterocycles. The summed E-state index contributed by atoms with van der Waals surface area (Å²) in [5.41, 5.74) is 7.52. The highest BCUT2D eigenvalue weighted by Crippen LogP contribution is 2.27. The predicted octanol–water partition coefficient (Wildman–Crippen LogP) is 3.61. The summed E-state index contributed by atoms with van der Waals surface area (Å²) in [5.74, 6) is 0.626. The lowest BCUT2D eigenvalue weighted by molar-refractivity contribution is -0.116. The van der Waals surface area contributed by atoms with Gasteiger partial charge in [-0.1, -0.05) is 6.92 Å². The van der Waals surface area contributed by atoms with E-state index in [9.17, 15) is 4.79 Å². The summed E-state index contributed by atoms with van der Waals surface area (Å²) in [4.78, 5) is 15.2. The molecule has 0 unspecified atom stereocenters. The van der Waals surface area contributed by atoms with E-state index < -0.39 is 0 Å². The first-order valence-corrected chi connectivity index (χ1v) is 7.50. The molecule has 4 heteroatoms. The molecule has 0 fully saturated rings. The standard InChI is InChI=1S/C16H21ClN2O/c1-5-12-10(3)16(20)19-15(12)8-14-9(2)13(6-7-17)11(4)18-14/h8,18H,5-7H2,1-4H3,(H,19,20)/b15-8-. The van der Waals surface area contributed by atoms with E-state index in [1.165, 1.54) is 11.1 Å². The highest BCUT2D eigenvalue weighted by atomic mass is 35.5. The molecule has 0 radical (unpaired) electrons. The minimum absolute atomic E-state index is 0.00927. The Morgan fingerprint density at radius 2 is 1.95 bits per heavy atom. The van der Waals surface area contributed by atoms with E-state index in [-0.39, 0.29) is 5.91 Å². The first-order valence-electron chi connectivity index (χ1n) is 6.96. The number of aromatic nitrogens is 1. The van der Waals surface area contributed by atoms with Gasteiger partial charge in [-0.3, -0.25) is 4.79 Å². The van der Waals surface area contributed by atoms with E-state index in [2.05, 4.69) is 31.1 Å². The second-order valence-corrected chi connectivity index (χ2v) is 5.55. The summed E-state index contributed by atoms with van der Waals surface area (Å²) in [6.07, 6.45) is 3.75. The van der Waals surface area contributed by atoms with Crippen molar-refractivity contribution in [2.75, 3.05) is 5.88 Å². The maximum Gasteiger partial charge on any atom is 0.251 e. The third kappa shape index (κ3) is 2.55. The SMILES string of the molecule is CCC1=C(C)C(=O)N/C1=C\c1[nH]c(C)c(CCCl)c1C. The second-order valence-electron chi connectivity index (χ2n) is 5.18. The van der Waals surface area contributed by atoms with Crippen LogP contribution >= 0.6 is 11.6 Å². The minimum Gasteiger partial charge on any atom is -0.359 e. The normalized spacial score (nSPS) is 17.2. The first kappa shape index (κ1) is 14.9. The van der Waals surface area contributed by atoms with Crippen molar-refractivity contribution in [3.63, 3.8) is 0 Å². The zero-order chi connectivity index (χ0) is 14.9. The number of halogens is 1. The molecule has 2 N–H and O–H groups in total. The van der Waals surface area contributed by atoms with E-state index in [1.54, 1.807) is 0 Å². The molecule has 3 nitrogen and oxygen atoms in total. The van der Waals surface area contributed by atoms with Crippen LogP contribution in [0.15, 0.2) is 16.8 Å². The van der Waals surface area contributed by atoms with E-state index in [4.69, 9.17) is 11.6 Å². The molecule has 1 aliphatic heterocycles. The lowest BCUT2D eigenvalue weighted by Crippen LogP contribution is -2.15. The number of aromatic amines is 1. The molecule has 1 amide bonds. The third-order valence-corrected chi connectivity index (χ3v) is 4.17. The number of carbonyl (C=O) groups is 1. The van der Waals surface area contributed by atoms with Gasteiger partial charge in [0.15, 0.2) is 0 Å². The van der Waals surface area contributed by atoms with Crippen molar-refractivity contribution in [3.05, 3.63) is 39.4 Å². The Morgan fingerprint density at radius 1 is 1.25 bits per heavy atom. The number of hydrogen-bond acceptors (Lipinski definition) is 1. The van der Waals surface area contributed by atoms with E-state index in [1.807, 2.05) is 13.0 Å². The van der Waals surface area contributed by atoms with Crippen molar-refractivity contribution in [2.24, 2.45) is 0 Å². The largest absolute Gasteiger partial charge is 0.359 e. The highest BCUT2D eigenvalue weighted by Gasteiger charge is 2.22. The molecule has 0 aromatic carbocycles. The second kappa shape index (κ2) is 5.88. The van der Waals surface area contributed by atoms with Gasteiger partial charge in [0.25, 0.3) is 5.91 Å². The fourth-order valence-electron chi connectivity index (χ4n) is 2.78. The Morgan fingerprint density at radius 3 is 2.55 bits per heavy atom. The van der Waals surface area contributed by atoms with Crippen LogP contribution in [-0.4, -0.2) is 16.8 Å². The first-order chi connectivity index (χ1) is 9.49. The number of rotatable bonds is 4. The zero-order valence-corrected chi connectivity index (χ0v) is 13.2. The Hall–Kier alpha value is -1.48. The van der Waals surface area contributed by atoms with E-state index >= 15 is 0 Å². The molecule has 2 rings (SSSR count). The van der Waals surface area contributed by atoms with Crippen LogP contribution in [0.1, 0.15) is 42.8 Å². The molecule has 1 aromatic rings. The van der Waals surface area contributed by atoms with Crippen LogP contribution in [0.25, 0.3) is 6.08 Å². The number of H-pyrrole nitrogens is 1. The van der Waals surface area contributed by atoms with Gasteiger partial charge >= 0.3 is 0 Å². The Kier molecular flexibility index (Phi) is 4.39. The number of nitrogens with one attached hydrogen (secondary N) is 2. The van der Waals surface area contributed by atoms with Gasteiger partial charge in [0.2, 0.25) is 0 Å². The van der Waals surface area contributed by atoms with Gasteiger partial charge in [0.05, 0.1) is 0 Å². The Bertz CT molecular complexity index is 608. The average Bonchev–Trinajstić information content (AvgIpc) is 2.82. The summed E-state index contributed by atoms with van der Waals surface area (Å²) in [7, 11) is 0. The molecule has 0 saturated heterocycles. The highest BCUT2D eigenvalue weighted by molar-refractivity contribution is 6.18. The summed E-state index contributed by atoms with van der Waals surface area (Å²) >= 11 is 5.85. The van der Waals surface area contributed by atoms with Crippen LogP contribution in [0.3, 0.4) is 0 Å². The maximum atomic E-state index is 11.8. The summed E-state index contributed by atoms with van der Waals surface area (Å²) < 4.78 is 0. The van der Waals surface area contributed by atoms with E-state index in [0.29, 0.717) is 5.88 Å². The molecule has 20 heavy (non-hydrogen) atoms. The molecule has 108 valence electrons. The fourth-order valence-corrected chi connectivity index (χ4v) is 2.97. The number of hydrogen-bond donors (Lipinski definition) is 2. The van der Waals surface area contributed by atoms with Crippen molar-refractivity contribution in [3.8, 4) is 0 Å². The van der Waals surface area contributed by atoms with Crippen LogP contribution < -0.4 is 5.32 Å². The quantitative estimate of drug-likeness (QED) is 0.818. The monoisotopic (exact) mass is 292 g/mol. The lowest BCUT2D eigenvalue weighted by Gasteiger charge is -2.03. The lowest BCUT2D eigenvalue weighted by atomic mass is 10.0. The molecule has 2 heterocycles. The summed E-state index contributed by atoms with van der Waals surface area (Å²) in [6.45, 7) is 8.10. The van der Waals surface area contributed by atoms with Gasteiger partial charge in [-0.15, -0.1) is 11.6 Å². The number of carbonyl (C=O) groups excluding carboxylic acids is 1. The number of aryl methyl sites for hydroxylation is 1. The van der Waals surface area contributed by atoms with Crippen molar-refractivity contribution in [1.29, 1.82) is 0 Å². The average molecular weight is 293 g/mol. The molecule has 0 saturated carbocycles. The Balaban J connectivity index is 2.42. The van der Waals surface area contributed by atoms with Crippen LogP contribution in [0.5, 0.6) is 0 Å². The van der Waals surface area contributed by atoms with Gasteiger partial charge in [0.1, 0.15) is 0 Å². The Labute approximate surface area is 125 Å². The van der Waals surface area contributed by atoms with Crippen LogP contribution in [0.4, 0.5) is 0 Å². The molecular weight excluding hydrogens is 272 g/mol. The smallest absolute Gasteiger partial charge is 0.251 e. The number of amides is 1.